The van der Waals surface area contributed by atoms with Gasteiger partial charge >= 0.3 is 6.03 Å². The second-order valence-corrected chi connectivity index (χ2v) is 7.01. The predicted octanol–water partition coefficient (Wildman–Crippen LogP) is 2.82. The number of nitrogens with one attached hydrogen (secondary N) is 2. The van der Waals surface area contributed by atoms with E-state index in [0.717, 1.165) is 25.8 Å². The summed E-state index contributed by atoms with van der Waals surface area (Å²) in [5, 5.41) is 5.98. The molecule has 130 valence electrons. The largest absolute Gasteiger partial charge is 0.356 e. The Balaban J connectivity index is 1.65. The van der Waals surface area contributed by atoms with E-state index in [-0.39, 0.29) is 23.9 Å². The van der Waals surface area contributed by atoms with E-state index in [2.05, 4.69) is 16.7 Å². The summed E-state index contributed by atoms with van der Waals surface area (Å²) in [5.74, 6) is 0.212. The molecule has 0 bridgehead atoms. The van der Waals surface area contributed by atoms with Crippen LogP contribution in [0.2, 0.25) is 0 Å². The number of rotatable bonds is 5. The Morgan fingerprint density at radius 3 is 2.61 bits per heavy atom. The minimum Gasteiger partial charge on any atom is -0.356 e. The summed E-state index contributed by atoms with van der Waals surface area (Å²) in [4.78, 5) is 26.0. The third-order valence-corrected chi connectivity index (χ3v) is 4.70. The molecule has 1 aliphatic carbocycles. The molecule has 0 unspecified atom stereocenters. The van der Waals surface area contributed by atoms with Crippen LogP contribution in [0.4, 0.5) is 4.79 Å². The molecule has 2 aliphatic rings. The van der Waals surface area contributed by atoms with Crippen molar-refractivity contribution in [1.82, 2.24) is 15.5 Å². The number of likely N-dealkylation sites (tertiary alicyclic amines) is 1. The highest BCUT2D eigenvalue weighted by atomic mass is 16.2. The maximum Gasteiger partial charge on any atom is 0.317 e. The number of carbonyl (C=O) groups excluding carboxylic acids is 2. The zero-order chi connectivity index (χ0) is 16.7. The van der Waals surface area contributed by atoms with Crippen molar-refractivity contribution in [3.05, 3.63) is 11.6 Å². The van der Waals surface area contributed by atoms with E-state index in [0.29, 0.717) is 13.1 Å². The lowest BCUT2D eigenvalue weighted by molar-refractivity contribution is -0.126. The van der Waals surface area contributed by atoms with Crippen LogP contribution in [0.15, 0.2) is 11.6 Å². The summed E-state index contributed by atoms with van der Waals surface area (Å²) in [6, 6.07) is 0.140. The quantitative estimate of drug-likeness (QED) is 0.765. The highest BCUT2D eigenvalue weighted by molar-refractivity contribution is 5.79. The fraction of sp³-hybridized carbons (Fsp3) is 0.778. The Labute approximate surface area is 139 Å². The number of piperidine rings is 1. The summed E-state index contributed by atoms with van der Waals surface area (Å²) in [7, 11) is 0. The van der Waals surface area contributed by atoms with Gasteiger partial charge in [-0.05, 0) is 58.8 Å². The molecular weight excluding hydrogens is 290 g/mol. The molecule has 0 atom stereocenters. The van der Waals surface area contributed by atoms with E-state index in [1.54, 1.807) is 0 Å². The van der Waals surface area contributed by atoms with Gasteiger partial charge in [0.25, 0.3) is 0 Å². The van der Waals surface area contributed by atoms with E-state index in [4.69, 9.17) is 0 Å². The van der Waals surface area contributed by atoms with E-state index in [9.17, 15) is 9.59 Å². The Kier molecular flexibility index (Phi) is 6.93. The Bertz CT molecular complexity index is 438. The second-order valence-electron chi connectivity index (χ2n) is 7.01. The van der Waals surface area contributed by atoms with Crippen molar-refractivity contribution in [1.29, 1.82) is 0 Å². The molecule has 5 heteroatoms. The maximum atomic E-state index is 12.2. The van der Waals surface area contributed by atoms with Gasteiger partial charge in [-0.15, -0.1) is 0 Å². The van der Waals surface area contributed by atoms with Gasteiger partial charge in [0.15, 0.2) is 0 Å². The highest BCUT2D eigenvalue weighted by Gasteiger charge is 2.27. The van der Waals surface area contributed by atoms with Gasteiger partial charge in [-0.25, -0.2) is 4.79 Å². The van der Waals surface area contributed by atoms with E-state index >= 15 is 0 Å². The molecule has 1 saturated heterocycles. The molecule has 2 N–H and O–H groups in total. The molecule has 0 saturated carbocycles. The van der Waals surface area contributed by atoms with Crippen LogP contribution < -0.4 is 10.6 Å². The van der Waals surface area contributed by atoms with Crippen molar-refractivity contribution in [3.63, 3.8) is 0 Å². The van der Waals surface area contributed by atoms with Crippen LogP contribution in [-0.4, -0.2) is 42.5 Å². The summed E-state index contributed by atoms with van der Waals surface area (Å²) < 4.78 is 0. The van der Waals surface area contributed by atoms with Gasteiger partial charge in [0.1, 0.15) is 0 Å². The van der Waals surface area contributed by atoms with Gasteiger partial charge in [-0.1, -0.05) is 11.6 Å². The first kappa shape index (κ1) is 17.8. The predicted molar refractivity (Wildman–Crippen MR) is 92.1 cm³/mol. The summed E-state index contributed by atoms with van der Waals surface area (Å²) in [6.45, 7) is 6.00. The molecule has 1 heterocycles. The van der Waals surface area contributed by atoms with Crippen LogP contribution in [0.25, 0.3) is 0 Å². The second kappa shape index (κ2) is 8.94. The molecule has 0 radical (unpaired) electrons. The average molecular weight is 321 g/mol. The Morgan fingerprint density at radius 2 is 2.00 bits per heavy atom. The van der Waals surface area contributed by atoms with E-state index in [1.807, 2.05) is 18.7 Å². The number of carbonyl (C=O) groups is 2. The van der Waals surface area contributed by atoms with Gasteiger partial charge in [-0.3, -0.25) is 4.79 Å². The number of hydrogen-bond acceptors (Lipinski definition) is 2. The fourth-order valence-electron chi connectivity index (χ4n) is 3.31. The molecule has 1 aliphatic heterocycles. The molecular formula is C18H31N3O2. The molecule has 5 nitrogen and oxygen atoms in total. The number of amides is 3. The van der Waals surface area contributed by atoms with Gasteiger partial charge in [0.05, 0.1) is 0 Å². The minimum absolute atomic E-state index is 0.0110. The standard InChI is InChI=1S/C18H31N3O2/c1-14(2)20-18(23)21-12-9-16(10-13-21)17(22)19-11-8-15-6-4-3-5-7-15/h6,14,16H,3-5,7-13H2,1-2H3,(H,19,22)(H,20,23). The van der Waals surface area contributed by atoms with Crippen LogP contribution in [0.1, 0.15) is 58.8 Å². The van der Waals surface area contributed by atoms with Crippen molar-refractivity contribution >= 4 is 11.9 Å². The third kappa shape index (κ3) is 5.88. The molecule has 0 aromatic carbocycles. The summed E-state index contributed by atoms with van der Waals surface area (Å²) in [6.07, 6.45) is 9.83. The first-order valence-electron chi connectivity index (χ1n) is 9.07. The van der Waals surface area contributed by atoms with Crippen molar-refractivity contribution in [3.8, 4) is 0 Å². The molecule has 2 rings (SSSR count). The molecule has 1 fully saturated rings. The monoisotopic (exact) mass is 321 g/mol. The number of nitrogens with zero attached hydrogens (tertiary/aromatic N) is 1. The zero-order valence-corrected chi connectivity index (χ0v) is 14.6. The van der Waals surface area contributed by atoms with Crippen molar-refractivity contribution < 1.29 is 9.59 Å². The van der Waals surface area contributed by atoms with Crippen LogP contribution >= 0.6 is 0 Å². The Morgan fingerprint density at radius 1 is 1.26 bits per heavy atom. The molecule has 3 amide bonds. The summed E-state index contributed by atoms with van der Waals surface area (Å²) >= 11 is 0. The normalized spacial score (nSPS) is 19.4. The maximum absolute atomic E-state index is 12.2. The third-order valence-electron chi connectivity index (χ3n) is 4.70. The highest BCUT2D eigenvalue weighted by Crippen LogP contribution is 2.20. The molecule has 0 spiro atoms. The van der Waals surface area contributed by atoms with Crippen LogP contribution in [-0.2, 0) is 4.79 Å². The van der Waals surface area contributed by atoms with Crippen LogP contribution in [0.5, 0.6) is 0 Å². The first-order valence-corrected chi connectivity index (χ1v) is 9.07. The number of allylic oxidation sites excluding steroid dienone is 1. The van der Waals surface area contributed by atoms with Crippen molar-refractivity contribution in [2.45, 2.75) is 64.8 Å². The lowest BCUT2D eigenvalue weighted by Gasteiger charge is -2.32. The SMILES string of the molecule is CC(C)NC(=O)N1CCC(C(=O)NCCC2=CCCCC2)CC1. The van der Waals surface area contributed by atoms with E-state index < -0.39 is 0 Å². The smallest absolute Gasteiger partial charge is 0.317 e. The zero-order valence-electron chi connectivity index (χ0n) is 14.6. The summed E-state index contributed by atoms with van der Waals surface area (Å²) in [5.41, 5.74) is 1.50. The lowest BCUT2D eigenvalue weighted by Crippen LogP contribution is -2.48. The van der Waals surface area contributed by atoms with Crippen LogP contribution in [0, 0.1) is 5.92 Å². The van der Waals surface area contributed by atoms with Gasteiger partial charge in [0, 0.05) is 31.6 Å². The molecule has 0 aromatic heterocycles. The van der Waals surface area contributed by atoms with Crippen molar-refractivity contribution in [2.75, 3.05) is 19.6 Å². The average Bonchev–Trinajstić information content (AvgIpc) is 2.55. The van der Waals surface area contributed by atoms with Crippen LogP contribution in [0.3, 0.4) is 0 Å². The van der Waals surface area contributed by atoms with Gasteiger partial charge in [-0.2, -0.15) is 0 Å². The van der Waals surface area contributed by atoms with Gasteiger partial charge in [0.2, 0.25) is 5.91 Å². The van der Waals surface area contributed by atoms with E-state index in [1.165, 1.54) is 31.3 Å². The number of hydrogen-bond donors (Lipinski definition) is 2. The lowest BCUT2D eigenvalue weighted by atomic mass is 9.95. The topological polar surface area (TPSA) is 61.4 Å². The minimum atomic E-state index is -0.0110. The first-order chi connectivity index (χ1) is 11.1. The molecule has 23 heavy (non-hydrogen) atoms. The Hall–Kier alpha value is -1.52. The number of urea groups is 1. The fourth-order valence-corrected chi connectivity index (χ4v) is 3.31. The van der Waals surface area contributed by atoms with Crippen molar-refractivity contribution in [2.24, 2.45) is 5.92 Å². The van der Waals surface area contributed by atoms with Gasteiger partial charge < -0.3 is 15.5 Å². The molecule has 0 aromatic rings.